The first-order valence-corrected chi connectivity index (χ1v) is 7.17. The van der Waals surface area contributed by atoms with Gasteiger partial charge < -0.3 is 11.1 Å². The van der Waals surface area contributed by atoms with Gasteiger partial charge in [-0.25, -0.2) is 0 Å². The van der Waals surface area contributed by atoms with E-state index in [-0.39, 0.29) is 11.9 Å². The average molecular weight is 264 g/mol. The van der Waals surface area contributed by atoms with E-state index in [1.807, 2.05) is 13.1 Å². The van der Waals surface area contributed by atoms with Crippen molar-refractivity contribution in [3.63, 3.8) is 0 Å². The molecule has 3 N–H and O–H groups in total. The Morgan fingerprint density at radius 1 is 1.53 bits per heavy atom. The second-order valence-electron chi connectivity index (χ2n) is 5.51. The number of nitrogens with one attached hydrogen (secondary N) is 1. The van der Waals surface area contributed by atoms with Gasteiger partial charge in [0.1, 0.15) is 0 Å². The Labute approximate surface area is 114 Å². The fraction of sp³-hybridized carbons (Fsp3) is 0.714. The highest BCUT2D eigenvalue weighted by atomic mass is 16.2. The molecular weight excluding hydrogens is 240 g/mol. The van der Waals surface area contributed by atoms with Gasteiger partial charge in [-0.1, -0.05) is 32.1 Å². The molecule has 1 aromatic rings. The summed E-state index contributed by atoms with van der Waals surface area (Å²) in [5, 5.41) is 6.96. The largest absolute Gasteiger partial charge is 0.349 e. The van der Waals surface area contributed by atoms with Crippen LogP contribution in [-0.4, -0.2) is 21.7 Å². The fourth-order valence-electron chi connectivity index (χ4n) is 2.77. The van der Waals surface area contributed by atoms with Crippen LogP contribution in [0.3, 0.4) is 0 Å². The lowest BCUT2D eigenvalue weighted by molar-refractivity contribution is -0.123. The third-order valence-electron chi connectivity index (χ3n) is 4.01. The van der Waals surface area contributed by atoms with Gasteiger partial charge in [0.15, 0.2) is 0 Å². The standard InChI is InChI=1S/C14H24N4O/c1-18-12(7-8-17-18)10-16-14(19)13(15)9-11-5-3-2-4-6-11/h7-8,11,13H,2-6,9-10,15H2,1H3,(H,16,19). The molecule has 1 aliphatic rings. The molecule has 0 saturated heterocycles. The van der Waals surface area contributed by atoms with Crippen LogP contribution < -0.4 is 11.1 Å². The smallest absolute Gasteiger partial charge is 0.237 e. The van der Waals surface area contributed by atoms with Crippen LogP contribution in [0.5, 0.6) is 0 Å². The molecule has 5 nitrogen and oxygen atoms in total. The zero-order valence-corrected chi connectivity index (χ0v) is 11.6. The first kappa shape index (κ1) is 14.1. The first-order chi connectivity index (χ1) is 9.16. The highest BCUT2D eigenvalue weighted by Gasteiger charge is 2.21. The third kappa shape index (κ3) is 4.06. The molecule has 1 heterocycles. The van der Waals surface area contributed by atoms with E-state index in [1.54, 1.807) is 10.9 Å². The van der Waals surface area contributed by atoms with E-state index in [4.69, 9.17) is 5.73 Å². The number of aromatic nitrogens is 2. The van der Waals surface area contributed by atoms with Gasteiger partial charge in [-0.2, -0.15) is 5.10 Å². The van der Waals surface area contributed by atoms with Gasteiger partial charge in [0.2, 0.25) is 5.91 Å². The van der Waals surface area contributed by atoms with Crippen LogP contribution in [0.25, 0.3) is 0 Å². The zero-order valence-electron chi connectivity index (χ0n) is 11.6. The Balaban J connectivity index is 1.74. The van der Waals surface area contributed by atoms with Crippen LogP contribution in [0.1, 0.15) is 44.2 Å². The molecule has 5 heteroatoms. The van der Waals surface area contributed by atoms with Crippen molar-refractivity contribution in [3.8, 4) is 0 Å². The fourth-order valence-corrected chi connectivity index (χ4v) is 2.77. The second kappa shape index (κ2) is 6.70. The van der Waals surface area contributed by atoms with Gasteiger partial charge in [-0.3, -0.25) is 9.48 Å². The van der Waals surface area contributed by atoms with Crippen molar-refractivity contribution in [1.29, 1.82) is 0 Å². The van der Waals surface area contributed by atoms with Crippen molar-refractivity contribution in [3.05, 3.63) is 18.0 Å². The predicted octanol–water partition coefficient (Wildman–Crippen LogP) is 1.33. The summed E-state index contributed by atoms with van der Waals surface area (Å²) < 4.78 is 1.76. The van der Waals surface area contributed by atoms with Crippen molar-refractivity contribution in [2.24, 2.45) is 18.7 Å². The van der Waals surface area contributed by atoms with Crippen LogP contribution in [0.4, 0.5) is 0 Å². The molecule has 106 valence electrons. The molecule has 1 amide bonds. The number of nitrogens with two attached hydrogens (primary N) is 1. The van der Waals surface area contributed by atoms with Gasteiger partial charge in [0.05, 0.1) is 18.3 Å². The van der Waals surface area contributed by atoms with Gasteiger partial charge in [0.25, 0.3) is 0 Å². The van der Waals surface area contributed by atoms with Crippen molar-refractivity contribution >= 4 is 5.91 Å². The molecule has 0 spiro atoms. The maximum atomic E-state index is 12.0. The summed E-state index contributed by atoms with van der Waals surface area (Å²) in [7, 11) is 1.86. The number of nitrogens with zero attached hydrogens (tertiary/aromatic N) is 2. The van der Waals surface area contributed by atoms with Crippen LogP contribution in [0.15, 0.2) is 12.3 Å². The molecule has 0 bridgehead atoms. The summed E-state index contributed by atoms with van der Waals surface area (Å²) in [5.41, 5.74) is 6.98. The predicted molar refractivity (Wildman–Crippen MR) is 74.2 cm³/mol. The van der Waals surface area contributed by atoms with Gasteiger partial charge >= 0.3 is 0 Å². The van der Waals surface area contributed by atoms with E-state index < -0.39 is 0 Å². The molecule has 1 saturated carbocycles. The number of hydrogen-bond donors (Lipinski definition) is 2. The first-order valence-electron chi connectivity index (χ1n) is 7.17. The number of rotatable bonds is 5. The summed E-state index contributed by atoms with van der Waals surface area (Å²) in [4.78, 5) is 12.0. The normalized spacial score (nSPS) is 18.2. The molecule has 1 fully saturated rings. The number of aryl methyl sites for hydroxylation is 1. The van der Waals surface area contributed by atoms with Crippen LogP contribution in [0, 0.1) is 5.92 Å². The van der Waals surface area contributed by atoms with E-state index in [9.17, 15) is 4.79 Å². The Morgan fingerprint density at radius 3 is 2.89 bits per heavy atom. The van der Waals surface area contributed by atoms with Crippen molar-refractivity contribution in [2.75, 3.05) is 0 Å². The Morgan fingerprint density at radius 2 is 2.26 bits per heavy atom. The molecule has 2 rings (SSSR count). The summed E-state index contributed by atoms with van der Waals surface area (Å²) in [6, 6.07) is 1.52. The maximum Gasteiger partial charge on any atom is 0.237 e. The highest BCUT2D eigenvalue weighted by molar-refractivity contribution is 5.81. The topological polar surface area (TPSA) is 72.9 Å². The monoisotopic (exact) mass is 264 g/mol. The number of amides is 1. The minimum atomic E-state index is -0.378. The van der Waals surface area contributed by atoms with Gasteiger partial charge in [0, 0.05) is 13.2 Å². The van der Waals surface area contributed by atoms with Crippen molar-refractivity contribution in [2.45, 2.75) is 51.1 Å². The molecule has 1 aromatic heterocycles. The average Bonchev–Trinajstić information content (AvgIpc) is 2.82. The molecule has 0 aliphatic heterocycles. The summed E-state index contributed by atoms with van der Waals surface area (Å²) in [6.45, 7) is 0.494. The molecular formula is C14H24N4O. The van der Waals surface area contributed by atoms with Crippen LogP contribution >= 0.6 is 0 Å². The summed E-state index contributed by atoms with van der Waals surface area (Å²) in [6.07, 6.45) is 8.90. The van der Waals surface area contributed by atoms with E-state index in [1.165, 1.54) is 32.1 Å². The van der Waals surface area contributed by atoms with E-state index >= 15 is 0 Å². The molecule has 1 aliphatic carbocycles. The lowest BCUT2D eigenvalue weighted by Crippen LogP contribution is -2.41. The summed E-state index contributed by atoms with van der Waals surface area (Å²) >= 11 is 0. The van der Waals surface area contributed by atoms with E-state index in [2.05, 4.69) is 10.4 Å². The zero-order chi connectivity index (χ0) is 13.7. The maximum absolute atomic E-state index is 12.0. The number of hydrogen-bond acceptors (Lipinski definition) is 3. The second-order valence-corrected chi connectivity index (χ2v) is 5.51. The molecule has 19 heavy (non-hydrogen) atoms. The van der Waals surface area contributed by atoms with Crippen LogP contribution in [0.2, 0.25) is 0 Å². The van der Waals surface area contributed by atoms with Gasteiger partial charge in [-0.15, -0.1) is 0 Å². The van der Waals surface area contributed by atoms with Crippen molar-refractivity contribution in [1.82, 2.24) is 15.1 Å². The third-order valence-corrected chi connectivity index (χ3v) is 4.01. The Bertz CT molecular complexity index is 409. The molecule has 1 atom stereocenters. The van der Waals surface area contributed by atoms with E-state index in [0.29, 0.717) is 12.5 Å². The minimum Gasteiger partial charge on any atom is -0.349 e. The number of carbonyl (C=O) groups is 1. The molecule has 1 unspecified atom stereocenters. The van der Waals surface area contributed by atoms with Crippen molar-refractivity contribution < 1.29 is 4.79 Å². The van der Waals surface area contributed by atoms with Gasteiger partial charge in [-0.05, 0) is 18.4 Å². The molecule has 0 aromatic carbocycles. The lowest BCUT2D eigenvalue weighted by atomic mass is 9.85. The molecule has 0 radical (unpaired) electrons. The number of carbonyl (C=O) groups excluding carboxylic acids is 1. The quantitative estimate of drug-likeness (QED) is 0.842. The SMILES string of the molecule is Cn1nccc1CNC(=O)C(N)CC1CCCCC1. The van der Waals surface area contributed by atoms with E-state index in [0.717, 1.165) is 12.1 Å². The summed E-state index contributed by atoms with van der Waals surface area (Å²) in [5.74, 6) is 0.581. The Hall–Kier alpha value is -1.36. The minimum absolute atomic E-state index is 0.0493. The Kier molecular flexibility index (Phi) is 4.96. The highest BCUT2D eigenvalue weighted by Crippen LogP contribution is 2.26. The lowest BCUT2D eigenvalue weighted by Gasteiger charge is -2.24. The van der Waals surface area contributed by atoms with Crippen LogP contribution in [-0.2, 0) is 18.4 Å².